The lowest BCUT2D eigenvalue weighted by Crippen LogP contribution is -2.50. The van der Waals surface area contributed by atoms with Crippen molar-refractivity contribution in [3.63, 3.8) is 0 Å². The Morgan fingerprint density at radius 3 is 2.33 bits per heavy atom. The van der Waals surface area contributed by atoms with Crippen LogP contribution in [0.2, 0.25) is 0 Å². The molecule has 1 aliphatic rings. The van der Waals surface area contributed by atoms with Crippen LogP contribution in [0.5, 0.6) is 0 Å². The Kier molecular flexibility index (Phi) is 7.02. The number of benzene rings is 1. The number of nitrogens with one attached hydrogen (secondary N) is 1. The SMILES string of the molecule is COCCCN1CCN(C(=O)Nc2ccc(C(=O)OC)cc2)CC1. The van der Waals surface area contributed by atoms with Crippen molar-refractivity contribution in [1.29, 1.82) is 0 Å². The number of ether oxygens (including phenoxy) is 2. The molecule has 2 amide bonds. The third-order valence-electron chi connectivity index (χ3n) is 4.04. The Bertz CT molecular complexity index is 539. The third-order valence-corrected chi connectivity index (χ3v) is 4.04. The Labute approximate surface area is 142 Å². The van der Waals surface area contributed by atoms with Gasteiger partial charge in [-0.1, -0.05) is 0 Å². The molecule has 0 atom stereocenters. The van der Waals surface area contributed by atoms with Gasteiger partial charge < -0.3 is 19.7 Å². The number of carbonyl (C=O) groups is 2. The lowest BCUT2D eigenvalue weighted by Gasteiger charge is -2.34. The third kappa shape index (κ3) is 5.21. The van der Waals surface area contributed by atoms with Gasteiger partial charge in [0, 0.05) is 52.1 Å². The second-order valence-corrected chi connectivity index (χ2v) is 5.67. The largest absolute Gasteiger partial charge is 0.465 e. The highest BCUT2D eigenvalue weighted by Gasteiger charge is 2.20. The Hall–Kier alpha value is -2.12. The van der Waals surface area contributed by atoms with E-state index in [1.807, 2.05) is 0 Å². The van der Waals surface area contributed by atoms with Crippen LogP contribution in [0.15, 0.2) is 24.3 Å². The molecule has 0 radical (unpaired) electrons. The molecule has 1 heterocycles. The van der Waals surface area contributed by atoms with Crippen LogP contribution >= 0.6 is 0 Å². The van der Waals surface area contributed by atoms with Gasteiger partial charge in [0.25, 0.3) is 0 Å². The number of hydrogen-bond acceptors (Lipinski definition) is 5. The number of methoxy groups -OCH3 is 2. The molecule has 7 heteroatoms. The van der Waals surface area contributed by atoms with Crippen LogP contribution in [-0.4, -0.2) is 75.4 Å². The molecule has 24 heavy (non-hydrogen) atoms. The van der Waals surface area contributed by atoms with Crippen molar-refractivity contribution in [2.75, 3.05) is 58.9 Å². The van der Waals surface area contributed by atoms with Crippen LogP contribution in [-0.2, 0) is 9.47 Å². The molecule has 0 aromatic heterocycles. The van der Waals surface area contributed by atoms with Crippen molar-refractivity contribution in [3.8, 4) is 0 Å². The minimum absolute atomic E-state index is 0.114. The predicted molar refractivity (Wildman–Crippen MR) is 91.3 cm³/mol. The molecule has 7 nitrogen and oxygen atoms in total. The molecule has 1 saturated heterocycles. The summed E-state index contributed by atoms with van der Waals surface area (Å²) in [6.07, 6.45) is 1.01. The molecule has 0 unspecified atom stereocenters. The standard InChI is InChI=1S/C17H25N3O4/c1-23-13-3-8-19-9-11-20(12-10-19)17(22)18-15-6-4-14(5-7-15)16(21)24-2/h4-7H,3,8-13H2,1-2H3,(H,18,22). The van der Waals surface area contributed by atoms with E-state index in [2.05, 4.69) is 15.0 Å². The highest BCUT2D eigenvalue weighted by atomic mass is 16.5. The van der Waals surface area contributed by atoms with E-state index in [1.165, 1.54) is 7.11 Å². The van der Waals surface area contributed by atoms with Gasteiger partial charge in [-0.3, -0.25) is 4.90 Å². The molecule has 0 aliphatic carbocycles. The fourth-order valence-corrected chi connectivity index (χ4v) is 2.62. The molecule has 1 N–H and O–H groups in total. The number of amides is 2. The highest BCUT2D eigenvalue weighted by Crippen LogP contribution is 2.12. The van der Waals surface area contributed by atoms with Crippen molar-refractivity contribution < 1.29 is 19.1 Å². The van der Waals surface area contributed by atoms with Gasteiger partial charge in [-0.2, -0.15) is 0 Å². The first-order chi connectivity index (χ1) is 11.6. The van der Waals surface area contributed by atoms with Crippen molar-refractivity contribution in [3.05, 3.63) is 29.8 Å². The van der Waals surface area contributed by atoms with Gasteiger partial charge >= 0.3 is 12.0 Å². The van der Waals surface area contributed by atoms with Crippen molar-refractivity contribution >= 4 is 17.7 Å². The van der Waals surface area contributed by atoms with Crippen LogP contribution in [0.4, 0.5) is 10.5 Å². The molecular weight excluding hydrogens is 310 g/mol. The normalized spacial score (nSPS) is 15.2. The zero-order valence-corrected chi connectivity index (χ0v) is 14.3. The monoisotopic (exact) mass is 335 g/mol. The quantitative estimate of drug-likeness (QED) is 0.632. The highest BCUT2D eigenvalue weighted by molar-refractivity contribution is 5.92. The second kappa shape index (κ2) is 9.24. The number of anilines is 1. The predicted octanol–water partition coefficient (Wildman–Crippen LogP) is 1.66. The summed E-state index contributed by atoms with van der Waals surface area (Å²) in [5.74, 6) is -0.391. The molecular formula is C17H25N3O4. The van der Waals surface area contributed by atoms with E-state index in [1.54, 1.807) is 36.3 Å². The van der Waals surface area contributed by atoms with Crippen LogP contribution in [0.1, 0.15) is 16.8 Å². The zero-order chi connectivity index (χ0) is 17.4. The van der Waals surface area contributed by atoms with E-state index in [0.29, 0.717) is 24.3 Å². The molecule has 2 rings (SSSR count). The summed E-state index contributed by atoms with van der Waals surface area (Å²) < 4.78 is 9.71. The van der Waals surface area contributed by atoms with Gasteiger partial charge in [-0.05, 0) is 30.7 Å². The van der Waals surface area contributed by atoms with Gasteiger partial charge in [0.05, 0.1) is 12.7 Å². The number of rotatable bonds is 6. The van der Waals surface area contributed by atoms with Crippen molar-refractivity contribution in [2.24, 2.45) is 0 Å². The summed E-state index contributed by atoms with van der Waals surface area (Å²) in [7, 11) is 3.05. The average Bonchev–Trinajstić information content (AvgIpc) is 2.62. The van der Waals surface area contributed by atoms with Gasteiger partial charge in [0.15, 0.2) is 0 Å². The lowest BCUT2D eigenvalue weighted by molar-refractivity contribution is 0.0600. The molecule has 0 spiro atoms. The van der Waals surface area contributed by atoms with E-state index in [9.17, 15) is 9.59 Å². The first kappa shape index (κ1) is 18.2. The van der Waals surface area contributed by atoms with E-state index in [4.69, 9.17) is 4.74 Å². The van der Waals surface area contributed by atoms with Crippen LogP contribution in [0.25, 0.3) is 0 Å². The number of nitrogens with zero attached hydrogens (tertiary/aromatic N) is 2. The number of hydrogen-bond donors (Lipinski definition) is 1. The van der Waals surface area contributed by atoms with Gasteiger partial charge in [0.2, 0.25) is 0 Å². The summed E-state index contributed by atoms with van der Waals surface area (Å²) in [5.41, 5.74) is 1.12. The maximum absolute atomic E-state index is 12.3. The fourth-order valence-electron chi connectivity index (χ4n) is 2.62. The molecule has 0 saturated carbocycles. The van der Waals surface area contributed by atoms with Gasteiger partial charge in [-0.15, -0.1) is 0 Å². The lowest BCUT2D eigenvalue weighted by atomic mass is 10.2. The summed E-state index contributed by atoms with van der Waals surface area (Å²) in [6.45, 7) is 4.93. The minimum atomic E-state index is -0.391. The molecule has 1 aromatic carbocycles. The smallest absolute Gasteiger partial charge is 0.337 e. The summed E-state index contributed by atoms with van der Waals surface area (Å²) in [4.78, 5) is 27.8. The van der Waals surface area contributed by atoms with E-state index < -0.39 is 5.97 Å². The van der Waals surface area contributed by atoms with Gasteiger partial charge in [0.1, 0.15) is 0 Å². The number of urea groups is 1. The van der Waals surface area contributed by atoms with Crippen LogP contribution in [0.3, 0.4) is 0 Å². The average molecular weight is 335 g/mol. The number of esters is 1. The zero-order valence-electron chi connectivity index (χ0n) is 14.3. The minimum Gasteiger partial charge on any atom is -0.465 e. The van der Waals surface area contributed by atoms with E-state index in [0.717, 1.165) is 32.7 Å². The Morgan fingerprint density at radius 2 is 1.75 bits per heavy atom. The molecule has 0 bridgehead atoms. The molecule has 1 aliphatic heterocycles. The summed E-state index contributed by atoms with van der Waals surface area (Å²) in [6, 6.07) is 6.55. The first-order valence-electron chi connectivity index (χ1n) is 8.09. The maximum atomic E-state index is 12.3. The second-order valence-electron chi connectivity index (χ2n) is 5.67. The van der Waals surface area contributed by atoms with Gasteiger partial charge in [-0.25, -0.2) is 9.59 Å². The van der Waals surface area contributed by atoms with Crippen molar-refractivity contribution in [2.45, 2.75) is 6.42 Å². The van der Waals surface area contributed by atoms with E-state index >= 15 is 0 Å². The topological polar surface area (TPSA) is 71.1 Å². The number of carbonyl (C=O) groups excluding carboxylic acids is 2. The Balaban J connectivity index is 1.78. The molecule has 1 aromatic rings. The van der Waals surface area contributed by atoms with Crippen LogP contribution < -0.4 is 5.32 Å². The summed E-state index contributed by atoms with van der Waals surface area (Å²) >= 11 is 0. The van der Waals surface area contributed by atoms with E-state index in [-0.39, 0.29) is 6.03 Å². The maximum Gasteiger partial charge on any atom is 0.337 e. The molecule has 1 fully saturated rings. The fraction of sp³-hybridized carbons (Fsp3) is 0.529. The molecule has 132 valence electrons. The Morgan fingerprint density at radius 1 is 1.08 bits per heavy atom. The first-order valence-corrected chi connectivity index (χ1v) is 8.09. The van der Waals surface area contributed by atoms with Crippen molar-refractivity contribution in [1.82, 2.24) is 9.80 Å². The number of piperazine rings is 1. The summed E-state index contributed by atoms with van der Waals surface area (Å²) in [5, 5.41) is 2.86. The van der Waals surface area contributed by atoms with Crippen LogP contribution in [0, 0.1) is 0 Å².